The average Bonchev–Trinajstić information content (AvgIpc) is 2.37. The molecule has 0 amide bonds. The minimum atomic E-state index is -1.39. The van der Waals surface area contributed by atoms with E-state index >= 15 is 0 Å². The Hall–Kier alpha value is -0.620. The van der Waals surface area contributed by atoms with Crippen LogP contribution in [0, 0.1) is 0 Å². The number of hydrogen-bond acceptors (Lipinski definition) is 3. The molecule has 1 aromatic rings. The summed E-state index contributed by atoms with van der Waals surface area (Å²) in [7, 11) is 0.128. The molecule has 0 N–H and O–H groups in total. The molecule has 7 heteroatoms. The normalized spacial score (nSPS) is 13.7. The van der Waals surface area contributed by atoms with Crippen molar-refractivity contribution in [2.45, 2.75) is 25.5 Å². The fourth-order valence-electron chi connectivity index (χ4n) is 1.18. The second-order valence-electron chi connectivity index (χ2n) is 4.92. The van der Waals surface area contributed by atoms with E-state index in [2.05, 4.69) is 4.40 Å². The summed E-state index contributed by atoms with van der Waals surface area (Å²) in [6.07, 6.45) is 1.42. The van der Waals surface area contributed by atoms with E-state index in [9.17, 15) is 4.21 Å². The lowest BCUT2D eigenvalue weighted by atomic mass is 10.2. The van der Waals surface area contributed by atoms with E-state index in [0.29, 0.717) is 21.4 Å². The molecular formula is C13H17Cl2NO3S. The molecule has 1 atom stereocenters. The summed E-state index contributed by atoms with van der Waals surface area (Å²) in [5.74, 6) is 0.468. The van der Waals surface area contributed by atoms with E-state index in [1.54, 1.807) is 12.1 Å². The van der Waals surface area contributed by atoms with Gasteiger partial charge in [0.15, 0.2) is 6.79 Å². The van der Waals surface area contributed by atoms with Crippen molar-refractivity contribution in [3.63, 3.8) is 0 Å². The zero-order valence-electron chi connectivity index (χ0n) is 11.8. The predicted molar refractivity (Wildman–Crippen MR) is 84.5 cm³/mol. The van der Waals surface area contributed by atoms with Gasteiger partial charge in [0.2, 0.25) is 0 Å². The van der Waals surface area contributed by atoms with Crippen LogP contribution in [-0.4, -0.2) is 29.1 Å². The molecule has 0 saturated heterocycles. The smallest absolute Gasteiger partial charge is 0.188 e. The first-order valence-electron chi connectivity index (χ1n) is 5.83. The molecule has 112 valence electrons. The molecule has 0 spiro atoms. The predicted octanol–water partition coefficient (Wildman–Crippen LogP) is 3.86. The van der Waals surface area contributed by atoms with Gasteiger partial charge in [-0.2, -0.15) is 4.40 Å². The van der Waals surface area contributed by atoms with Crippen molar-refractivity contribution in [2.24, 2.45) is 4.40 Å². The Morgan fingerprint density at radius 1 is 1.35 bits per heavy atom. The third-order valence-electron chi connectivity index (χ3n) is 2.23. The van der Waals surface area contributed by atoms with Crippen LogP contribution in [0.3, 0.4) is 0 Å². The first kappa shape index (κ1) is 17.4. The molecule has 1 rings (SSSR count). The molecule has 1 aromatic carbocycles. The second kappa shape index (κ2) is 7.41. The highest BCUT2D eigenvalue weighted by atomic mass is 35.5. The van der Waals surface area contributed by atoms with Crippen molar-refractivity contribution in [3.8, 4) is 5.75 Å². The monoisotopic (exact) mass is 337 g/mol. The largest absolute Gasteiger partial charge is 0.467 e. The summed E-state index contributed by atoms with van der Waals surface area (Å²) in [6.45, 7) is 5.58. The number of ether oxygens (including phenoxy) is 2. The summed E-state index contributed by atoms with van der Waals surface area (Å²) in [6, 6.07) is 3.28. The van der Waals surface area contributed by atoms with Crippen molar-refractivity contribution < 1.29 is 13.7 Å². The third kappa shape index (κ3) is 4.74. The molecule has 0 bridgehead atoms. The Morgan fingerprint density at radius 2 is 2.00 bits per heavy atom. The van der Waals surface area contributed by atoms with Gasteiger partial charge >= 0.3 is 0 Å². The first-order valence-corrected chi connectivity index (χ1v) is 7.69. The van der Waals surface area contributed by atoms with Crippen molar-refractivity contribution in [3.05, 3.63) is 27.7 Å². The van der Waals surface area contributed by atoms with Gasteiger partial charge in [-0.3, -0.25) is 0 Å². The van der Waals surface area contributed by atoms with E-state index < -0.39 is 15.7 Å². The Labute approximate surface area is 131 Å². The van der Waals surface area contributed by atoms with E-state index in [4.69, 9.17) is 32.7 Å². The van der Waals surface area contributed by atoms with Gasteiger partial charge in [-0.15, -0.1) is 0 Å². The first-order chi connectivity index (χ1) is 9.27. The average molecular weight is 338 g/mol. The van der Waals surface area contributed by atoms with Gasteiger partial charge in [0.25, 0.3) is 0 Å². The Bertz CT molecular complexity index is 527. The molecule has 4 nitrogen and oxygen atoms in total. The third-order valence-corrected chi connectivity index (χ3v) is 4.39. The SMILES string of the molecule is COCOc1ccc(Cl)c(Cl)c1C=N[S@](=O)C(C)(C)C. The van der Waals surface area contributed by atoms with E-state index in [1.807, 2.05) is 20.8 Å². The van der Waals surface area contributed by atoms with Crippen LogP contribution in [0.1, 0.15) is 26.3 Å². The highest BCUT2D eigenvalue weighted by Crippen LogP contribution is 2.32. The second-order valence-corrected chi connectivity index (χ2v) is 7.64. The lowest BCUT2D eigenvalue weighted by Gasteiger charge is -2.14. The molecule has 0 radical (unpaired) electrons. The highest BCUT2D eigenvalue weighted by molar-refractivity contribution is 7.85. The minimum Gasteiger partial charge on any atom is -0.467 e. The summed E-state index contributed by atoms with van der Waals surface area (Å²) >= 11 is 12.1. The topological polar surface area (TPSA) is 47.9 Å². The zero-order valence-corrected chi connectivity index (χ0v) is 14.1. The Kier molecular flexibility index (Phi) is 6.45. The molecular weight excluding hydrogens is 321 g/mol. The van der Waals surface area contributed by atoms with E-state index in [1.165, 1.54) is 13.3 Å². The van der Waals surface area contributed by atoms with Gasteiger partial charge in [-0.1, -0.05) is 23.2 Å². The molecule has 0 aliphatic rings. The Morgan fingerprint density at radius 3 is 2.55 bits per heavy atom. The molecule has 0 aliphatic carbocycles. The Balaban J connectivity index is 3.11. The van der Waals surface area contributed by atoms with Gasteiger partial charge < -0.3 is 9.47 Å². The van der Waals surface area contributed by atoms with Crippen LogP contribution in [0.4, 0.5) is 0 Å². The molecule has 0 aliphatic heterocycles. The molecule has 0 unspecified atom stereocenters. The van der Waals surface area contributed by atoms with Gasteiger partial charge in [0.05, 0.1) is 26.6 Å². The number of benzene rings is 1. The van der Waals surface area contributed by atoms with Crippen LogP contribution in [0.25, 0.3) is 0 Å². The molecule has 0 aromatic heterocycles. The van der Waals surface area contributed by atoms with Crippen LogP contribution < -0.4 is 4.74 Å². The highest BCUT2D eigenvalue weighted by Gasteiger charge is 2.19. The zero-order chi connectivity index (χ0) is 15.3. The van der Waals surface area contributed by atoms with Crippen molar-refractivity contribution >= 4 is 40.4 Å². The van der Waals surface area contributed by atoms with E-state index in [0.717, 1.165) is 0 Å². The van der Waals surface area contributed by atoms with Gasteiger partial charge in [-0.05, 0) is 32.9 Å². The standard InChI is InChI=1S/C13H17Cl2NO3S/c1-13(2,3)20(17)16-7-9-11(19-8-18-4)6-5-10(14)12(9)15/h5-7H,8H2,1-4H3/t20-/m1/s1. The van der Waals surface area contributed by atoms with Gasteiger partial charge in [0.1, 0.15) is 16.7 Å². The van der Waals surface area contributed by atoms with Crippen LogP contribution in [0.2, 0.25) is 10.0 Å². The molecule has 0 heterocycles. The number of hydrogen-bond donors (Lipinski definition) is 0. The van der Waals surface area contributed by atoms with E-state index in [-0.39, 0.29) is 6.79 Å². The summed E-state index contributed by atoms with van der Waals surface area (Å²) < 4.78 is 25.7. The van der Waals surface area contributed by atoms with Crippen molar-refractivity contribution in [1.29, 1.82) is 0 Å². The maximum Gasteiger partial charge on any atom is 0.188 e. The quantitative estimate of drug-likeness (QED) is 0.605. The van der Waals surface area contributed by atoms with Crippen LogP contribution in [0.15, 0.2) is 16.5 Å². The summed E-state index contributed by atoms with van der Waals surface area (Å²) in [5.41, 5.74) is 0.480. The molecule has 0 fully saturated rings. The number of methoxy groups -OCH3 is 1. The number of nitrogens with zero attached hydrogens (tertiary/aromatic N) is 1. The number of rotatable bonds is 5. The minimum absolute atomic E-state index is 0.0706. The maximum absolute atomic E-state index is 11.9. The van der Waals surface area contributed by atoms with Crippen LogP contribution in [0.5, 0.6) is 5.75 Å². The van der Waals surface area contributed by atoms with Gasteiger partial charge in [0, 0.05) is 7.11 Å². The lowest BCUT2D eigenvalue weighted by molar-refractivity contribution is 0.0510. The molecule has 0 saturated carbocycles. The number of halogens is 2. The van der Waals surface area contributed by atoms with Gasteiger partial charge in [-0.25, -0.2) is 4.21 Å². The maximum atomic E-state index is 11.9. The fourth-order valence-corrected chi connectivity index (χ4v) is 2.06. The molecule has 20 heavy (non-hydrogen) atoms. The van der Waals surface area contributed by atoms with Crippen LogP contribution in [-0.2, 0) is 15.7 Å². The van der Waals surface area contributed by atoms with Crippen molar-refractivity contribution in [2.75, 3.05) is 13.9 Å². The summed E-state index contributed by atoms with van der Waals surface area (Å²) in [5, 5.41) is 0.675. The van der Waals surface area contributed by atoms with Crippen molar-refractivity contribution in [1.82, 2.24) is 0 Å². The van der Waals surface area contributed by atoms with Crippen LogP contribution >= 0.6 is 23.2 Å². The summed E-state index contributed by atoms with van der Waals surface area (Å²) in [4.78, 5) is 0. The fraction of sp³-hybridized carbons (Fsp3) is 0.462. The lowest BCUT2D eigenvalue weighted by Crippen LogP contribution is -2.19.